The van der Waals surface area contributed by atoms with E-state index >= 15 is 0 Å². The molecule has 0 bridgehead atoms. The van der Waals surface area contributed by atoms with Gasteiger partial charge < -0.3 is 27.0 Å². The summed E-state index contributed by atoms with van der Waals surface area (Å²) in [6, 6.07) is -0.851. The lowest BCUT2D eigenvalue weighted by molar-refractivity contribution is -0.138. The molecule has 8 heteroatoms. The summed E-state index contributed by atoms with van der Waals surface area (Å²) in [6.45, 7) is 0. The number of imidazole rings is 2. The van der Waals surface area contributed by atoms with E-state index in [1.54, 1.807) is 24.9 Å². The molecule has 0 spiro atoms. The van der Waals surface area contributed by atoms with Gasteiger partial charge in [-0.1, -0.05) is 0 Å². The summed E-state index contributed by atoms with van der Waals surface area (Å²) in [5, 5.41) is 8.42. The number of nitrogens with two attached hydrogens (primary N) is 1. The number of aromatic amines is 2. The summed E-state index contributed by atoms with van der Waals surface area (Å²) in [5.41, 5.74) is 6.00. The normalized spacial score (nSPS) is 10.6. The van der Waals surface area contributed by atoms with Crippen molar-refractivity contribution < 1.29 is 9.90 Å². The highest BCUT2D eigenvalue weighted by atomic mass is 16.4. The third kappa shape index (κ3) is 6.07. The second-order valence-electron chi connectivity index (χ2n) is 2.99. The third-order valence-electron chi connectivity index (χ3n) is 1.72. The van der Waals surface area contributed by atoms with Gasteiger partial charge in [0.2, 0.25) is 0 Å². The van der Waals surface area contributed by atoms with Crippen LogP contribution in [0, 0.1) is 0 Å². The number of aromatic nitrogens is 4. The Hall–Kier alpha value is -2.19. The van der Waals surface area contributed by atoms with Gasteiger partial charge in [0.15, 0.2) is 0 Å². The number of carbonyl (C=O) groups is 1. The highest BCUT2D eigenvalue weighted by Gasteiger charge is 2.11. The van der Waals surface area contributed by atoms with Crippen molar-refractivity contribution in [3.8, 4) is 0 Å². The monoisotopic (exact) mass is 240 g/mol. The molecule has 2 heterocycles. The second kappa shape index (κ2) is 8.02. The van der Waals surface area contributed by atoms with Gasteiger partial charge in [-0.05, 0) is 0 Å². The van der Waals surface area contributed by atoms with Crippen molar-refractivity contribution in [1.82, 2.24) is 26.1 Å². The van der Waals surface area contributed by atoms with Gasteiger partial charge in [-0.25, -0.2) is 9.97 Å². The molecule has 0 aromatic carbocycles. The molecule has 0 saturated carbocycles. The van der Waals surface area contributed by atoms with Crippen LogP contribution in [0.1, 0.15) is 5.69 Å². The Morgan fingerprint density at radius 3 is 2.59 bits per heavy atom. The molecular weight excluding hydrogens is 224 g/mol. The SMILES string of the molecule is N.N[C@@H](Cc1cnc[nH]1)C(=O)O.c1c[nH]cn1. The number of carboxylic acid groups (broad SMARTS) is 1. The minimum atomic E-state index is -1.00. The maximum atomic E-state index is 10.3. The minimum Gasteiger partial charge on any atom is -0.480 e. The van der Waals surface area contributed by atoms with Crippen LogP contribution < -0.4 is 11.9 Å². The predicted octanol–water partition coefficient (Wildman–Crippen LogP) is -0.0642. The fourth-order valence-electron chi connectivity index (χ4n) is 0.936. The van der Waals surface area contributed by atoms with Crippen LogP contribution in [0.25, 0.3) is 0 Å². The maximum absolute atomic E-state index is 10.3. The van der Waals surface area contributed by atoms with E-state index in [1.165, 1.54) is 6.33 Å². The van der Waals surface area contributed by atoms with Crippen LogP contribution in [0.15, 0.2) is 31.2 Å². The lowest BCUT2D eigenvalue weighted by atomic mass is 10.2. The van der Waals surface area contributed by atoms with E-state index < -0.39 is 12.0 Å². The molecule has 0 aliphatic heterocycles. The van der Waals surface area contributed by atoms with Gasteiger partial charge in [0, 0.05) is 30.7 Å². The molecule has 8 N–H and O–H groups in total. The Morgan fingerprint density at radius 1 is 1.47 bits per heavy atom. The molecule has 94 valence electrons. The van der Waals surface area contributed by atoms with E-state index in [4.69, 9.17) is 10.8 Å². The molecule has 2 aromatic rings. The number of nitrogens with zero attached hydrogens (tertiary/aromatic N) is 2. The number of hydrogen-bond donors (Lipinski definition) is 5. The molecule has 0 amide bonds. The summed E-state index contributed by atoms with van der Waals surface area (Å²) >= 11 is 0. The number of aliphatic carboxylic acids is 1. The second-order valence-corrected chi connectivity index (χ2v) is 2.99. The fraction of sp³-hybridized carbons (Fsp3) is 0.222. The average Bonchev–Trinajstić information content (AvgIpc) is 2.92. The van der Waals surface area contributed by atoms with E-state index in [2.05, 4.69) is 19.9 Å². The molecule has 0 saturated heterocycles. The largest absolute Gasteiger partial charge is 0.480 e. The highest BCUT2D eigenvalue weighted by molar-refractivity contribution is 5.73. The molecule has 0 fully saturated rings. The molecule has 8 nitrogen and oxygen atoms in total. The summed E-state index contributed by atoms with van der Waals surface area (Å²) in [6.07, 6.45) is 8.42. The van der Waals surface area contributed by atoms with Gasteiger partial charge in [0.05, 0.1) is 12.7 Å². The zero-order valence-corrected chi connectivity index (χ0v) is 9.21. The van der Waals surface area contributed by atoms with Gasteiger partial charge in [-0.2, -0.15) is 0 Å². The van der Waals surface area contributed by atoms with Gasteiger partial charge in [-0.15, -0.1) is 0 Å². The van der Waals surface area contributed by atoms with Crippen LogP contribution in [0.4, 0.5) is 0 Å². The van der Waals surface area contributed by atoms with Crippen LogP contribution in [0.3, 0.4) is 0 Å². The van der Waals surface area contributed by atoms with Gasteiger partial charge >= 0.3 is 5.97 Å². The number of carboxylic acids is 1. The van der Waals surface area contributed by atoms with Crippen molar-refractivity contribution in [3.05, 3.63) is 36.9 Å². The number of nitrogens with one attached hydrogen (secondary N) is 2. The first-order valence-electron chi connectivity index (χ1n) is 4.58. The summed E-state index contributed by atoms with van der Waals surface area (Å²) in [7, 11) is 0. The van der Waals surface area contributed by atoms with E-state index in [9.17, 15) is 4.79 Å². The zero-order chi connectivity index (χ0) is 11.8. The molecule has 0 unspecified atom stereocenters. The number of H-pyrrole nitrogens is 2. The number of hydrogen-bond acceptors (Lipinski definition) is 5. The van der Waals surface area contributed by atoms with Crippen LogP contribution >= 0.6 is 0 Å². The Balaban J connectivity index is 0.000000360. The van der Waals surface area contributed by atoms with Crippen molar-refractivity contribution in [2.45, 2.75) is 12.5 Å². The summed E-state index contributed by atoms with van der Waals surface area (Å²) < 4.78 is 0. The Morgan fingerprint density at radius 2 is 2.24 bits per heavy atom. The predicted molar refractivity (Wildman–Crippen MR) is 61.5 cm³/mol. The van der Waals surface area contributed by atoms with Gasteiger partial charge in [-0.3, -0.25) is 4.79 Å². The molecule has 0 radical (unpaired) electrons. The summed E-state index contributed by atoms with van der Waals surface area (Å²) in [4.78, 5) is 23.2. The van der Waals surface area contributed by atoms with Crippen molar-refractivity contribution in [2.24, 2.45) is 5.73 Å². The fourth-order valence-corrected chi connectivity index (χ4v) is 0.936. The van der Waals surface area contributed by atoms with Crippen molar-refractivity contribution in [2.75, 3.05) is 0 Å². The van der Waals surface area contributed by atoms with Crippen molar-refractivity contribution in [3.63, 3.8) is 0 Å². The molecular formula is C9H16N6O2. The zero-order valence-electron chi connectivity index (χ0n) is 9.21. The molecule has 0 aliphatic carbocycles. The lowest BCUT2D eigenvalue weighted by Gasteiger charge is -2.02. The maximum Gasteiger partial charge on any atom is 0.320 e. The molecule has 0 aliphatic rings. The first-order chi connectivity index (χ1) is 7.70. The molecule has 17 heavy (non-hydrogen) atoms. The Kier molecular flexibility index (Phi) is 6.99. The van der Waals surface area contributed by atoms with Crippen molar-refractivity contribution in [1.29, 1.82) is 0 Å². The van der Waals surface area contributed by atoms with Crippen LogP contribution in [0.2, 0.25) is 0 Å². The van der Waals surface area contributed by atoms with Crippen LogP contribution in [-0.4, -0.2) is 37.1 Å². The average molecular weight is 240 g/mol. The number of rotatable bonds is 3. The van der Waals surface area contributed by atoms with Crippen molar-refractivity contribution >= 4 is 5.97 Å². The standard InChI is InChI=1S/C6H9N3O2.C3H4N2.H3N/c7-5(6(10)11)1-4-2-8-3-9-4;1-2-5-3-4-1;/h2-3,5H,1,7H2,(H,8,9)(H,10,11);1-3H,(H,4,5);1H3/t5-;;/m0../s1. The smallest absolute Gasteiger partial charge is 0.320 e. The van der Waals surface area contributed by atoms with E-state index in [-0.39, 0.29) is 12.6 Å². The molecule has 2 rings (SSSR count). The van der Waals surface area contributed by atoms with Gasteiger partial charge in [0.1, 0.15) is 6.04 Å². The Bertz CT molecular complexity index is 368. The summed E-state index contributed by atoms with van der Waals surface area (Å²) in [5.74, 6) is -1.00. The van der Waals surface area contributed by atoms with Crippen LogP contribution in [0.5, 0.6) is 0 Å². The van der Waals surface area contributed by atoms with E-state index in [1.807, 2.05) is 0 Å². The first-order valence-corrected chi connectivity index (χ1v) is 4.58. The molecule has 1 atom stereocenters. The molecule has 2 aromatic heterocycles. The quantitative estimate of drug-likeness (QED) is 0.505. The Labute approximate surface area is 97.9 Å². The van der Waals surface area contributed by atoms with E-state index in [0.29, 0.717) is 0 Å². The first kappa shape index (κ1) is 14.8. The highest BCUT2D eigenvalue weighted by Crippen LogP contribution is 1.95. The van der Waals surface area contributed by atoms with E-state index in [0.717, 1.165) is 5.69 Å². The lowest BCUT2D eigenvalue weighted by Crippen LogP contribution is -2.32. The third-order valence-corrected chi connectivity index (χ3v) is 1.72. The van der Waals surface area contributed by atoms with Crippen LogP contribution in [-0.2, 0) is 11.2 Å². The minimum absolute atomic E-state index is 0. The van der Waals surface area contributed by atoms with Gasteiger partial charge in [0.25, 0.3) is 0 Å². The topological polar surface area (TPSA) is 156 Å².